The number of nitrogens with zero attached hydrogens (tertiary/aromatic N) is 1. The fourth-order valence-corrected chi connectivity index (χ4v) is 1.39. The van der Waals surface area contributed by atoms with E-state index in [9.17, 15) is 0 Å². The Hall–Kier alpha value is -0.920. The van der Waals surface area contributed by atoms with E-state index in [-0.39, 0.29) is 0 Å². The van der Waals surface area contributed by atoms with Crippen molar-refractivity contribution in [1.29, 1.82) is 5.41 Å². The zero-order chi connectivity index (χ0) is 9.68. The monoisotopic (exact) mass is 178 g/mol. The number of nitrogens with one attached hydrogen (secondary N) is 1. The lowest BCUT2D eigenvalue weighted by Crippen LogP contribution is -2.07. The van der Waals surface area contributed by atoms with Crippen LogP contribution in [0.3, 0.4) is 0 Å². The highest BCUT2D eigenvalue weighted by Crippen LogP contribution is 2.17. The highest BCUT2D eigenvalue weighted by Gasteiger charge is 2.08. The number of aliphatic imine (C=N–C) groups is 1. The molecule has 0 spiro atoms. The van der Waals surface area contributed by atoms with Gasteiger partial charge in [0.15, 0.2) is 0 Å². The summed E-state index contributed by atoms with van der Waals surface area (Å²) in [5.74, 6) is 0.565. The molecule has 0 bridgehead atoms. The first-order valence-electron chi connectivity index (χ1n) is 4.99. The summed E-state index contributed by atoms with van der Waals surface area (Å²) in [5, 5.41) is 7.54. The van der Waals surface area contributed by atoms with Crippen LogP contribution in [0.15, 0.2) is 16.8 Å². The summed E-state index contributed by atoms with van der Waals surface area (Å²) in [6.07, 6.45) is 8.23. The van der Waals surface area contributed by atoms with Crippen molar-refractivity contribution in [2.45, 2.75) is 39.5 Å². The second-order valence-corrected chi connectivity index (χ2v) is 3.62. The maximum Gasteiger partial charge on any atom is 0.0329 e. The Bertz CT molecular complexity index is 238. The lowest BCUT2D eigenvalue weighted by molar-refractivity contribution is 0.649. The molecule has 1 atom stereocenters. The molecular formula is C11H18N2. The molecule has 13 heavy (non-hydrogen) atoms. The van der Waals surface area contributed by atoms with Crippen LogP contribution in [0.2, 0.25) is 0 Å². The molecule has 2 nitrogen and oxygen atoms in total. The lowest BCUT2D eigenvalue weighted by atomic mass is 9.96. The molecule has 0 aromatic heterocycles. The van der Waals surface area contributed by atoms with Crippen LogP contribution in [0.4, 0.5) is 0 Å². The van der Waals surface area contributed by atoms with Gasteiger partial charge in [0.2, 0.25) is 0 Å². The molecule has 0 aromatic rings. The highest BCUT2D eigenvalue weighted by molar-refractivity contribution is 5.81. The molecule has 0 aromatic carbocycles. The molecule has 0 aliphatic carbocycles. The molecule has 0 fully saturated rings. The van der Waals surface area contributed by atoms with Crippen LogP contribution in [0.25, 0.3) is 0 Å². The molecule has 1 aliphatic heterocycles. The Morgan fingerprint density at radius 1 is 1.69 bits per heavy atom. The van der Waals surface area contributed by atoms with Crippen molar-refractivity contribution in [3.8, 4) is 0 Å². The third-order valence-electron chi connectivity index (χ3n) is 2.45. The fraction of sp³-hybridized carbons (Fsp3) is 0.636. The average Bonchev–Trinajstić information content (AvgIpc) is 2.16. The van der Waals surface area contributed by atoms with Crippen LogP contribution in [0.1, 0.15) is 39.5 Å². The van der Waals surface area contributed by atoms with Crippen LogP contribution in [0.5, 0.6) is 0 Å². The second-order valence-electron chi connectivity index (χ2n) is 3.62. The van der Waals surface area contributed by atoms with Gasteiger partial charge in [-0.15, -0.1) is 0 Å². The Balaban J connectivity index is 2.25. The van der Waals surface area contributed by atoms with Gasteiger partial charge >= 0.3 is 0 Å². The van der Waals surface area contributed by atoms with Crippen LogP contribution in [0, 0.1) is 11.3 Å². The molecule has 1 heterocycles. The summed E-state index contributed by atoms with van der Waals surface area (Å²) in [4.78, 5) is 4.28. The topological polar surface area (TPSA) is 36.2 Å². The Labute approximate surface area is 80.3 Å². The van der Waals surface area contributed by atoms with Gasteiger partial charge in [-0.2, -0.15) is 0 Å². The largest absolute Gasteiger partial charge is 0.310 e. The lowest BCUT2D eigenvalue weighted by Gasteiger charge is -2.13. The quantitative estimate of drug-likeness (QED) is 0.642. The van der Waals surface area contributed by atoms with Crippen LogP contribution in [-0.4, -0.2) is 11.9 Å². The minimum Gasteiger partial charge on any atom is -0.310 e. The van der Waals surface area contributed by atoms with E-state index in [2.05, 4.69) is 11.1 Å². The molecule has 2 heteroatoms. The van der Waals surface area contributed by atoms with Gasteiger partial charge in [-0.1, -0.05) is 13.0 Å². The molecule has 0 amide bonds. The molecule has 0 radical (unpaired) electrons. The molecule has 1 rings (SSSR count). The van der Waals surface area contributed by atoms with E-state index in [0.717, 1.165) is 37.1 Å². The zero-order valence-electron chi connectivity index (χ0n) is 8.51. The first-order valence-corrected chi connectivity index (χ1v) is 4.99. The van der Waals surface area contributed by atoms with Crippen molar-refractivity contribution < 1.29 is 0 Å². The van der Waals surface area contributed by atoms with Crippen molar-refractivity contribution >= 4 is 11.9 Å². The maximum atomic E-state index is 7.54. The van der Waals surface area contributed by atoms with E-state index in [1.807, 2.05) is 20.1 Å². The van der Waals surface area contributed by atoms with Gasteiger partial charge in [0, 0.05) is 17.6 Å². The van der Waals surface area contributed by atoms with Crippen molar-refractivity contribution in [3.63, 3.8) is 0 Å². The SMILES string of the molecule is CCC(=N)CCC1C=NC(C)=CC1. The van der Waals surface area contributed by atoms with Crippen molar-refractivity contribution in [2.75, 3.05) is 0 Å². The first kappa shape index (κ1) is 10.2. The Morgan fingerprint density at radius 3 is 3.00 bits per heavy atom. The fourth-order valence-electron chi connectivity index (χ4n) is 1.39. The standard InChI is InChI=1S/C11H18N2/c1-3-11(12)7-6-10-5-4-9(2)13-8-10/h4,8,10,12H,3,5-7H2,1-2H3. The first-order chi connectivity index (χ1) is 6.22. The summed E-state index contributed by atoms with van der Waals surface area (Å²) in [7, 11) is 0. The van der Waals surface area contributed by atoms with Crippen LogP contribution >= 0.6 is 0 Å². The Morgan fingerprint density at radius 2 is 2.46 bits per heavy atom. The summed E-state index contributed by atoms with van der Waals surface area (Å²) < 4.78 is 0. The Kier molecular flexibility index (Phi) is 3.87. The number of allylic oxidation sites excluding steroid dienone is 2. The van der Waals surface area contributed by atoms with Gasteiger partial charge in [0.1, 0.15) is 0 Å². The predicted octanol–water partition coefficient (Wildman–Crippen LogP) is 3.19. The molecular weight excluding hydrogens is 160 g/mol. The van der Waals surface area contributed by atoms with E-state index >= 15 is 0 Å². The van der Waals surface area contributed by atoms with E-state index in [0.29, 0.717) is 5.92 Å². The smallest absolute Gasteiger partial charge is 0.0329 e. The molecule has 1 N–H and O–H groups in total. The summed E-state index contributed by atoms with van der Waals surface area (Å²) in [6.45, 7) is 4.07. The van der Waals surface area contributed by atoms with Crippen molar-refractivity contribution in [2.24, 2.45) is 10.9 Å². The maximum absolute atomic E-state index is 7.54. The van der Waals surface area contributed by atoms with Gasteiger partial charge in [-0.25, -0.2) is 0 Å². The van der Waals surface area contributed by atoms with Gasteiger partial charge in [-0.05, 0) is 38.5 Å². The third kappa shape index (κ3) is 3.53. The number of hydrogen-bond donors (Lipinski definition) is 1. The van der Waals surface area contributed by atoms with E-state index in [4.69, 9.17) is 5.41 Å². The molecule has 72 valence electrons. The van der Waals surface area contributed by atoms with E-state index in [1.54, 1.807) is 0 Å². The molecule has 1 unspecified atom stereocenters. The average molecular weight is 178 g/mol. The van der Waals surface area contributed by atoms with Gasteiger partial charge in [0.05, 0.1) is 0 Å². The highest BCUT2D eigenvalue weighted by atomic mass is 14.7. The van der Waals surface area contributed by atoms with Gasteiger partial charge in [0.25, 0.3) is 0 Å². The minimum atomic E-state index is 0.565. The van der Waals surface area contributed by atoms with Crippen LogP contribution in [-0.2, 0) is 0 Å². The van der Waals surface area contributed by atoms with Gasteiger partial charge < -0.3 is 5.41 Å². The minimum absolute atomic E-state index is 0.565. The predicted molar refractivity (Wildman–Crippen MR) is 57.6 cm³/mol. The van der Waals surface area contributed by atoms with Crippen molar-refractivity contribution in [3.05, 3.63) is 11.8 Å². The second kappa shape index (κ2) is 4.95. The van der Waals surface area contributed by atoms with E-state index in [1.165, 1.54) is 0 Å². The molecule has 0 saturated carbocycles. The zero-order valence-corrected chi connectivity index (χ0v) is 8.51. The summed E-state index contributed by atoms with van der Waals surface area (Å²) in [6, 6.07) is 0. The molecule has 1 aliphatic rings. The van der Waals surface area contributed by atoms with Crippen LogP contribution < -0.4 is 0 Å². The number of rotatable bonds is 4. The summed E-state index contributed by atoms with van der Waals surface area (Å²) in [5.41, 5.74) is 1.99. The number of hydrogen-bond acceptors (Lipinski definition) is 2. The normalized spacial score (nSPS) is 21.4. The van der Waals surface area contributed by atoms with E-state index < -0.39 is 0 Å². The summed E-state index contributed by atoms with van der Waals surface area (Å²) >= 11 is 0. The van der Waals surface area contributed by atoms with Crippen molar-refractivity contribution in [1.82, 2.24) is 0 Å². The third-order valence-corrected chi connectivity index (χ3v) is 2.45. The molecule has 0 saturated heterocycles. The van der Waals surface area contributed by atoms with Gasteiger partial charge in [-0.3, -0.25) is 4.99 Å².